The van der Waals surface area contributed by atoms with Crippen molar-refractivity contribution in [2.75, 3.05) is 23.8 Å². The molecule has 6 nitrogen and oxygen atoms in total. The van der Waals surface area contributed by atoms with Gasteiger partial charge in [0.05, 0.1) is 22.1 Å². The van der Waals surface area contributed by atoms with Crippen LogP contribution >= 0.6 is 11.6 Å². The fraction of sp³-hybridized carbons (Fsp3) is 0.250. The Bertz CT molecular complexity index is 975. The van der Waals surface area contributed by atoms with Gasteiger partial charge >= 0.3 is 6.03 Å². The Balaban J connectivity index is 2.16. The van der Waals surface area contributed by atoms with Gasteiger partial charge < -0.3 is 15.5 Å². The van der Waals surface area contributed by atoms with Gasteiger partial charge in [0.2, 0.25) is 5.91 Å². The maximum Gasteiger partial charge on any atom is 0.319 e. The number of carbonyl (C=O) groups excluding carboxylic acids is 2. The van der Waals surface area contributed by atoms with E-state index in [-0.39, 0.29) is 34.8 Å². The molecule has 0 aliphatic carbocycles. The van der Waals surface area contributed by atoms with Crippen molar-refractivity contribution >= 4 is 40.6 Å². The Morgan fingerprint density at radius 3 is 2.64 bits per heavy atom. The number of nitrogens with one attached hydrogen (secondary N) is 2. The molecule has 1 aliphatic rings. The van der Waals surface area contributed by atoms with E-state index in [2.05, 4.69) is 15.6 Å². The van der Waals surface area contributed by atoms with Crippen molar-refractivity contribution in [2.45, 2.75) is 19.9 Å². The number of hydrogen-bond donors (Lipinski definition) is 2. The Hall–Kier alpha value is -2.93. The largest absolute Gasteiger partial charge is 0.336 e. The molecule has 0 saturated carbocycles. The predicted octanol–water partition coefficient (Wildman–Crippen LogP) is 3.82. The van der Waals surface area contributed by atoms with E-state index in [0.29, 0.717) is 16.9 Å². The van der Waals surface area contributed by atoms with E-state index in [1.165, 1.54) is 11.0 Å². The number of benzene rings is 2. The zero-order chi connectivity index (χ0) is 20.4. The summed E-state index contributed by atoms with van der Waals surface area (Å²) in [5, 5.41) is 5.59. The van der Waals surface area contributed by atoms with Gasteiger partial charge in [-0.25, -0.2) is 9.18 Å². The summed E-state index contributed by atoms with van der Waals surface area (Å²) in [4.78, 5) is 30.2. The number of carbonyl (C=O) groups is 2. The van der Waals surface area contributed by atoms with Crippen molar-refractivity contribution in [1.29, 1.82) is 0 Å². The number of urea groups is 1. The number of likely N-dealkylation sites (N-methyl/N-ethyl adjacent to an activating group) is 1. The van der Waals surface area contributed by atoms with Crippen LogP contribution in [0.15, 0.2) is 41.4 Å². The van der Waals surface area contributed by atoms with Crippen molar-refractivity contribution in [3.05, 3.63) is 58.4 Å². The lowest BCUT2D eigenvalue weighted by Crippen LogP contribution is -2.34. The molecule has 3 rings (SSSR count). The number of fused-ring (bicyclic) bond motifs is 1. The molecular formula is C20H20ClFN4O2. The minimum atomic E-state index is -0.476. The second-order valence-corrected chi connectivity index (χ2v) is 7.05. The molecule has 0 fully saturated rings. The summed E-state index contributed by atoms with van der Waals surface area (Å²) in [6.45, 7) is 3.53. The topological polar surface area (TPSA) is 73.8 Å². The van der Waals surface area contributed by atoms with Gasteiger partial charge in [0.15, 0.2) is 0 Å². The number of aliphatic imine (C=N–C) groups is 1. The number of anilines is 2. The van der Waals surface area contributed by atoms with Crippen LogP contribution in [0.5, 0.6) is 0 Å². The Morgan fingerprint density at radius 2 is 1.96 bits per heavy atom. The van der Waals surface area contributed by atoms with Crippen LogP contribution in [0.4, 0.5) is 20.6 Å². The Kier molecular flexibility index (Phi) is 5.65. The van der Waals surface area contributed by atoms with E-state index in [4.69, 9.17) is 11.6 Å². The van der Waals surface area contributed by atoms with Gasteiger partial charge in [-0.2, -0.15) is 0 Å². The third-order valence-electron chi connectivity index (χ3n) is 4.26. The monoisotopic (exact) mass is 402 g/mol. The van der Waals surface area contributed by atoms with Crippen molar-refractivity contribution in [2.24, 2.45) is 4.99 Å². The lowest BCUT2D eigenvalue weighted by Gasteiger charge is -2.21. The Morgan fingerprint density at radius 1 is 1.25 bits per heavy atom. The quantitative estimate of drug-likeness (QED) is 0.819. The molecule has 1 heterocycles. The third kappa shape index (κ3) is 3.84. The number of benzodiazepines with no additional fused rings is 1. The van der Waals surface area contributed by atoms with Gasteiger partial charge in [0.1, 0.15) is 12.4 Å². The van der Waals surface area contributed by atoms with Gasteiger partial charge in [0.25, 0.3) is 0 Å². The fourth-order valence-electron chi connectivity index (χ4n) is 2.93. The highest BCUT2D eigenvalue weighted by Gasteiger charge is 2.27. The zero-order valence-corrected chi connectivity index (χ0v) is 16.5. The molecule has 0 aromatic heterocycles. The van der Waals surface area contributed by atoms with E-state index < -0.39 is 11.8 Å². The molecule has 1 aliphatic heterocycles. The fourth-order valence-corrected chi connectivity index (χ4v) is 3.22. The Labute approximate surface area is 167 Å². The third-order valence-corrected chi connectivity index (χ3v) is 4.65. The van der Waals surface area contributed by atoms with Crippen LogP contribution in [-0.4, -0.2) is 37.3 Å². The molecule has 0 unspecified atom stereocenters. The van der Waals surface area contributed by atoms with Crippen LogP contribution in [0.1, 0.15) is 25.0 Å². The van der Waals surface area contributed by atoms with Gasteiger partial charge in [-0.05, 0) is 38.1 Å². The van der Waals surface area contributed by atoms with Crippen LogP contribution in [0.25, 0.3) is 0 Å². The molecule has 2 N–H and O–H groups in total. The normalized spacial score (nSPS) is 13.7. The summed E-state index contributed by atoms with van der Waals surface area (Å²) in [6, 6.07) is 8.95. The standard InChI is InChI=1S/C20H20ClFN4O2/c1-11(2)24-20(28)25-14-8-9-15-17(18(14)21)19(23-10-16(27)26(15)3)12-6-4-5-7-13(12)22/h4-9,11H,10H2,1-3H3,(H2,24,25,28). The predicted molar refractivity (Wildman–Crippen MR) is 109 cm³/mol. The first-order valence-corrected chi connectivity index (χ1v) is 9.13. The molecule has 0 saturated heterocycles. The molecule has 2 aromatic carbocycles. The number of nitrogens with zero attached hydrogens (tertiary/aromatic N) is 2. The highest BCUT2D eigenvalue weighted by molar-refractivity contribution is 6.40. The summed E-state index contributed by atoms with van der Waals surface area (Å²) in [5.41, 5.74) is 1.72. The lowest BCUT2D eigenvalue weighted by atomic mass is 9.99. The van der Waals surface area contributed by atoms with E-state index in [1.54, 1.807) is 37.4 Å². The van der Waals surface area contributed by atoms with Gasteiger partial charge in [-0.3, -0.25) is 9.79 Å². The summed E-state index contributed by atoms with van der Waals surface area (Å²) >= 11 is 6.61. The minimum absolute atomic E-state index is 0.0566. The maximum atomic E-state index is 14.5. The number of rotatable bonds is 3. The van der Waals surface area contributed by atoms with Crippen LogP contribution < -0.4 is 15.5 Å². The van der Waals surface area contributed by atoms with Gasteiger partial charge in [0, 0.05) is 24.2 Å². The average Bonchev–Trinajstić information content (AvgIpc) is 2.75. The van der Waals surface area contributed by atoms with Crippen LogP contribution in [0.2, 0.25) is 5.02 Å². The van der Waals surface area contributed by atoms with E-state index >= 15 is 0 Å². The van der Waals surface area contributed by atoms with Crippen molar-refractivity contribution in [3.63, 3.8) is 0 Å². The SMILES string of the molecule is CC(C)NC(=O)Nc1ccc2c(c1Cl)C(c1ccccc1F)=NCC(=O)N2C. The molecule has 28 heavy (non-hydrogen) atoms. The highest BCUT2D eigenvalue weighted by atomic mass is 35.5. The highest BCUT2D eigenvalue weighted by Crippen LogP contribution is 2.37. The molecule has 3 amide bonds. The summed E-state index contributed by atoms with van der Waals surface area (Å²) in [6.07, 6.45) is 0. The lowest BCUT2D eigenvalue weighted by molar-refractivity contribution is -0.116. The maximum absolute atomic E-state index is 14.5. The van der Waals surface area contributed by atoms with Crippen molar-refractivity contribution in [3.8, 4) is 0 Å². The number of halogens is 2. The molecule has 8 heteroatoms. The van der Waals surface area contributed by atoms with Crippen molar-refractivity contribution < 1.29 is 14.0 Å². The molecule has 0 atom stereocenters. The molecule has 2 aromatic rings. The average molecular weight is 403 g/mol. The molecular weight excluding hydrogens is 383 g/mol. The van der Waals surface area contributed by atoms with Crippen molar-refractivity contribution in [1.82, 2.24) is 5.32 Å². The second-order valence-electron chi connectivity index (χ2n) is 6.67. The number of hydrogen-bond acceptors (Lipinski definition) is 3. The smallest absolute Gasteiger partial charge is 0.319 e. The van der Waals surface area contributed by atoms with Crippen LogP contribution in [0.3, 0.4) is 0 Å². The van der Waals surface area contributed by atoms with E-state index in [0.717, 1.165) is 0 Å². The van der Waals surface area contributed by atoms with E-state index in [9.17, 15) is 14.0 Å². The second kappa shape index (κ2) is 7.98. The molecule has 0 radical (unpaired) electrons. The number of amides is 3. The minimum Gasteiger partial charge on any atom is -0.336 e. The zero-order valence-electron chi connectivity index (χ0n) is 15.7. The molecule has 0 bridgehead atoms. The van der Waals surface area contributed by atoms with Crippen LogP contribution in [0, 0.1) is 5.82 Å². The summed E-state index contributed by atoms with van der Waals surface area (Å²) in [7, 11) is 1.61. The van der Waals surface area contributed by atoms with Crippen LogP contribution in [-0.2, 0) is 4.79 Å². The summed E-state index contributed by atoms with van der Waals surface area (Å²) < 4.78 is 14.5. The summed E-state index contributed by atoms with van der Waals surface area (Å²) in [5.74, 6) is -0.724. The first kappa shape index (κ1) is 19.8. The van der Waals surface area contributed by atoms with Gasteiger partial charge in [-0.1, -0.05) is 23.7 Å². The first-order valence-electron chi connectivity index (χ1n) is 8.76. The van der Waals surface area contributed by atoms with E-state index in [1.807, 2.05) is 13.8 Å². The van der Waals surface area contributed by atoms with Gasteiger partial charge in [-0.15, -0.1) is 0 Å². The molecule has 146 valence electrons. The first-order chi connectivity index (χ1) is 13.3. The molecule has 0 spiro atoms.